The third-order valence-corrected chi connectivity index (χ3v) is 8.30. The highest BCUT2D eigenvalue weighted by molar-refractivity contribution is 8.18. The Bertz CT molecular complexity index is 1630. The molecule has 0 saturated carbocycles. The van der Waals surface area contributed by atoms with Gasteiger partial charge in [-0.3, -0.25) is 14.3 Å². The molecule has 3 aromatic rings. The van der Waals surface area contributed by atoms with Gasteiger partial charge in [-0.25, -0.2) is 0 Å². The van der Waals surface area contributed by atoms with Crippen molar-refractivity contribution in [3.63, 3.8) is 0 Å². The second-order valence-electron chi connectivity index (χ2n) is 10.1. The predicted octanol–water partition coefficient (Wildman–Crippen LogP) is 5.73. The van der Waals surface area contributed by atoms with E-state index in [1.165, 1.54) is 22.6 Å². The van der Waals surface area contributed by atoms with E-state index in [1.54, 1.807) is 24.3 Å². The lowest BCUT2D eigenvalue weighted by molar-refractivity contribution is -0.145. The number of thioether (sulfide) groups is 1. The number of rotatable bonds is 3. The van der Waals surface area contributed by atoms with Crippen molar-refractivity contribution in [2.75, 3.05) is 13.2 Å². The Morgan fingerprint density at radius 2 is 1.85 bits per heavy atom. The van der Waals surface area contributed by atoms with Gasteiger partial charge in [-0.1, -0.05) is 12.1 Å². The molecule has 1 amide bonds. The van der Waals surface area contributed by atoms with Gasteiger partial charge in [0, 0.05) is 11.9 Å². The number of nitrogens with zero attached hydrogens (tertiary/aromatic N) is 4. The number of likely N-dealkylation sites (tertiary alicyclic amines) is 1. The van der Waals surface area contributed by atoms with Crippen molar-refractivity contribution >= 4 is 45.8 Å². The number of hydrogen-bond donors (Lipinski definition) is 0. The zero-order chi connectivity index (χ0) is 29.1. The van der Waals surface area contributed by atoms with E-state index in [-0.39, 0.29) is 36.2 Å². The number of cyclic esters (lactones) is 1. The number of hydrogen-bond acceptors (Lipinski definition) is 6. The predicted molar refractivity (Wildman–Crippen MR) is 137 cm³/mol. The maximum atomic E-state index is 13.6. The normalized spacial score (nSPS) is 22.4. The van der Waals surface area contributed by atoms with Crippen LogP contribution >= 0.6 is 11.8 Å². The second-order valence-corrected chi connectivity index (χ2v) is 11.1. The number of benzene rings is 2. The lowest BCUT2D eigenvalue weighted by atomic mass is 10.0. The van der Waals surface area contributed by atoms with Crippen molar-refractivity contribution in [3.8, 4) is 0 Å². The number of amidine groups is 1. The summed E-state index contributed by atoms with van der Waals surface area (Å²) in [6.07, 6.45) is -5.67. The van der Waals surface area contributed by atoms with Crippen LogP contribution in [0.4, 0.5) is 26.3 Å². The first-order valence-corrected chi connectivity index (χ1v) is 13.3. The van der Waals surface area contributed by atoms with E-state index in [0.29, 0.717) is 45.6 Å². The maximum Gasteiger partial charge on any atom is 0.416 e. The van der Waals surface area contributed by atoms with Crippen LogP contribution in [-0.4, -0.2) is 50.9 Å². The van der Waals surface area contributed by atoms with Crippen LogP contribution < -0.4 is 0 Å². The first-order valence-electron chi connectivity index (χ1n) is 12.5. The zero-order valence-electron chi connectivity index (χ0n) is 21.0. The highest BCUT2D eigenvalue weighted by Crippen LogP contribution is 2.39. The van der Waals surface area contributed by atoms with Crippen LogP contribution in [0.2, 0.25) is 0 Å². The molecule has 1 aromatic heterocycles. The molecule has 2 bridgehead atoms. The Morgan fingerprint density at radius 3 is 2.61 bits per heavy atom. The first-order chi connectivity index (χ1) is 19.3. The Labute approximate surface area is 232 Å². The summed E-state index contributed by atoms with van der Waals surface area (Å²) < 4.78 is 86.4. The molecular formula is C27H20F6N4O3S. The van der Waals surface area contributed by atoms with Crippen molar-refractivity contribution in [3.05, 3.63) is 69.8 Å². The third-order valence-electron chi connectivity index (χ3n) is 7.27. The summed E-state index contributed by atoms with van der Waals surface area (Å²) >= 11 is 1.23. The van der Waals surface area contributed by atoms with Crippen LogP contribution in [0.5, 0.6) is 0 Å². The molecule has 2 atom stereocenters. The minimum Gasteiger partial charge on any atom is -0.463 e. The van der Waals surface area contributed by atoms with Crippen LogP contribution in [0.1, 0.15) is 35.1 Å². The lowest BCUT2D eigenvalue weighted by Gasteiger charge is -2.26. The topological polar surface area (TPSA) is 76.8 Å². The van der Waals surface area contributed by atoms with E-state index < -0.39 is 35.9 Å². The van der Waals surface area contributed by atoms with Gasteiger partial charge in [-0.05, 0) is 65.6 Å². The monoisotopic (exact) mass is 594 g/mol. The summed E-state index contributed by atoms with van der Waals surface area (Å²) in [6, 6.07) is 6.52. The van der Waals surface area contributed by atoms with Crippen molar-refractivity contribution in [2.45, 2.75) is 37.8 Å². The van der Waals surface area contributed by atoms with Gasteiger partial charge in [0.05, 0.1) is 46.8 Å². The Balaban J connectivity index is 1.21. The van der Waals surface area contributed by atoms with Gasteiger partial charge >= 0.3 is 18.3 Å². The quantitative estimate of drug-likeness (QED) is 0.219. The smallest absolute Gasteiger partial charge is 0.416 e. The second kappa shape index (κ2) is 9.93. The van der Waals surface area contributed by atoms with Gasteiger partial charge in [0.15, 0.2) is 5.17 Å². The van der Waals surface area contributed by atoms with Crippen LogP contribution in [0.25, 0.3) is 17.0 Å². The van der Waals surface area contributed by atoms with E-state index >= 15 is 0 Å². The minimum atomic E-state index is -4.98. The number of esters is 1. The molecule has 0 unspecified atom stereocenters. The van der Waals surface area contributed by atoms with Crippen LogP contribution in [0.15, 0.2) is 52.5 Å². The number of carbonyl (C=O) groups is 2. The molecular weight excluding hydrogens is 574 g/mol. The Kier molecular flexibility index (Phi) is 6.63. The number of aromatic nitrogens is 2. The molecule has 0 spiro atoms. The summed E-state index contributed by atoms with van der Waals surface area (Å²) in [4.78, 5) is 30.9. The Morgan fingerprint density at radius 1 is 1.05 bits per heavy atom. The number of ether oxygens (including phenoxy) is 1. The molecule has 14 heteroatoms. The van der Waals surface area contributed by atoms with Crippen molar-refractivity contribution < 1.29 is 40.7 Å². The van der Waals surface area contributed by atoms with Gasteiger partial charge in [0.25, 0.3) is 5.91 Å². The fourth-order valence-corrected chi connectivity index (χ4v) is 6.34. The molecule has 0 radical (unpaired) electrons. The molecule has 2 saturated heterocycles. The molecule has 0 aliphatic carbocycles. The highest BCUT2D eigenvalue weighted by atomic mass is 32.2. The largest absolute Gasteiger partial charge is 0.463 e. The summed E-state index contributed by atoms with van der Waals surface area (Å²) in [5.74, 6) is -0.470. The van der Waals surface area contributed by atoms with Gasteiger partial charge in [0.1, 0.15) is 6.61 Å². The summed E-state index contributed by atoms with van der Waals surface area (Å²) in [7, 11) is 0. The molecule has 41 heavy (non-hydrogen) atoms. The van der Waals surface area contributed by atoms with E-state index in [4.69, 9.17) is 4.74 Å². The standard InChI is InChI=1S/C27H20F6N4O3S/c28-26(29,30)18-3-2-16(20(9-18)27(31,32)33)12-37-21-4-1-14(5-17(21)10-34-37)7-22-24(39)35-25(41-22)36-11-15-6-19(36)13-40-23(38)8-15/h1-5,7,9-10,15,19H,6,8,11-13H2/b22-7-/t15-,19+/m0/s1. The van der Waals surface area contributed by atoms with Crippen molar-refractivity contribution in [1.82, 2.24) is 14.7 Å². The van der Waals surface area contributed by atoms with E-state index in [9.17, 15) is 35.9 Å². The highest BCUT2D eigenvalue weighted by Gasteiger charge is 2.41. The van der Waals surface area contributed by atoms with Crippen molar-refractivity contribution in [2.24, 2.45) is 10.9 Å². The van der Waals surface area contributed by atoms with Crippen molar-refractivity contribution in [1.29, 1.82) is 0 Å². The van der Waals surface area contributed by atoms with Gasteiger partial charge in [-0.15, -0.1) is 0 Å². The average molecular weight is 595 g/mol. The molecule has 6 rings (SSSR count). The van der Waals surface area contributed by atoms with Crippen LogP contribution in [0.3, 0.4) is 0 Å². The molecule has 3 aliphatic rings. The molecule has 7 nitrogen and oxygen atoms in total. The number of fused-ring (bicyclic) bond motifs is 3. The van der Waals surface area contributed by atoms with Gasteiger partial charge in [-0.2, -0.15) is 36.4 Å². The van der Waals surface area contributed by atoms with Gasteiger partial charge in [0.2, 0.25) is 0 Å². The number of aliphatic imine (C=N–C) groups is 1. The molecule has 2 fully saturated rings. The number of halogens is 6. The first kappa shape index (κ1) is 27.4. The van der Waals surface area contributed by atoms with Crippen LogP contribution in [-0.2, 0) is 33.2 Å². The zero-order valence-corrected chi connectivity index (χ0v) is 21.8. The molecule has 0 N–H and O–H groups in total. The van der Waals surface area contributed by atoms with Crippen LogP contribution in [0, 0.1) is 5.92 Å². The summed E-state index contributed by atoms with van der Waals surface area (Å²) in [5, 5.41) is 5.28. The summed E-state index contributed by atoms with van der Waals surface area (Å²) in [5.41, 5.74) is -2.00. The van der Waals surface area contributed by atoms with Gasteiger partial charge < -0.3 is 9.64 Å². The summed E-state index contributed by atoms with van der Waals surface area (Å²) in [6.45, 7) is 0.474. The fraction of sp³-hybridized carbons (Fsp3) is 0.333. The van der Waals surface area contributed by atoms with E-state index in [2.05, 4.69) is 10.1 Å². The molecule has 3 aliphatic heterocycles. The number of amides is 1. The third kappa shape index (κ3) is 5.44. The fourth-order valence-electron chi connectivity index (χ4n) is 5.35. The number of carbonyl (C=O) groups excluding carboxylic acids is 2. The van der Waals surface area contributed by atoms with E-state index in [1.807, 2.05) is 4.90 Å². The molecule has 2 aromatic carbocycles. The molecule has 4 heterocycles. The minimum absolute atomic E-state index is 0.0328. The van der Waals surface area contributed by atoms with E-state index in [0.717, 1.165) is 12.5 Å². The lowest BCUT2D eigenvalue weighted by Crippen LogP contribution is -2.37. The SMILES string of the molecule is O=C1C[C@@H]2C[C@H](CO1)N(C1=NC(=O)/C(=C/c3ccc4c(cnn4Cc4ccc(C(F)(F)F)cc4C(F)(F)F)c3)S1)C2. The maximum absolute atomic E-state index is 13.6. The number of alkyl halides is 6. The Hall–Kier alpha value is -3.81. The molecule has 214 valence electrons. The average Bonchev–Trinajstić information content (AvgIpc) is 3.54.